The summed E-state index contributed by atoms with van der Waals surface area (Å²) in [6.45, 7) is 3.85. The summed E-state index contributed by atoms with van der Waals surface area (Å²) in [4.78, 5) is 12.8. The van der Waals surface area contributed by atoms with E-state index in [2.05, 4.69) is 20.3 Å². The number of fused-ring (bicyclic) bond motifs is 1. The molecule has 0 aliphatic rings. The van der Waals surface area contributed by atoms with Gasteiger partial charge >= 0.3 is 0 Å². The summed E-state index contributed by atoms with van der Waals surface area (Å²) in [7, 11) is 1.96. The Kier molecular flexibility index (Phi) is 3.43. The molecule has 0 saturated carbocycles. The van der Waals surface area contributed by atoms with Crippen molar-refractivity contribution in [2.24, 2.45) is 7.05 Å². The quantitative estimate of drug-likeness (QED) is 0.745. The molecule has 0 amide bonds. The molecule has 3 rings (SSSR count). The lowest BCUT2D eigenvalue weighted by atomic mass is 10.3. The largest absolute Gasteiger partial charge is 0.469 e. The van der Waals surface area contributed by atoms with Gasteiger partial charge in [-0.3, -0.25) is 4.98 Å². The average Bonchev–Trinajstić information content (AvgIpc) is 2.84. The molecule has 21 heavy (non-hydrogen) atoms. The normalized spacial score (nSPS) is 12.3. The van der Waals surface area contributed by atoms with Gasteiger partial charge in [0.05, 0.1) is 11.1 Å². The summed E-state index contributed by atoms with van der Waals surface area (Å²) in [5, 5.41) is 4.23. The van der Waals surface area contributed by atoms with Crippen LogP contribution in [0.3, 0.4) is 0 Å². The van der Waals surface area contributed by atoms with Crippen molar-refractivity contribution >= 4 is 16.9 Å². The third-order valence-electron chi connectivity index (χ3n) is 3.26. The number of hydrogen-bond donors (Lipinski definition) is 1. The van der Waals surface area contributed by atoms with Crippen molar-refractivity contribution < 1.29 is 4.74 Å². The molecule has 1 atom stereocenters. The van der Waals surface area contributed by atoms with Crippen molar-refractivity contribution in [2.45, 2.75) is 20.1 Å². The summed E-state index contributed by atoms with van der Waals surface area (Å²) < 4.78 is 7.82. The predicted octanol–water partition coefficient (Wildman–Crippen LogP) is 2.51. The van der Waals surface area contributed by atoms with E-state index >= 15 is 0 Å². The Morgan fingerprint density at radius 2 is 2.10 bits per heavy atom. The molecule has 0 radical (unpaired) electrons. The maximum Gasteiger partial charge on any atom is 0.168 e. The highest BCUT2D eigenvalue weighted by Crippen LogP contribution is 2.21. The van der Waals surface area contributed by atoms with Crippen LogP contribution in [0.15, 0.2) is 36.9 Å². The van der Waals surface area contributed by atoms with Crippen LogP contribution in [0.1, 0.15) is 12.6 Å². The van der Waals surface area contributed by atoms with Gasteiger partial charge in [-0.25, -0.2) is 9.97 Å². The van der Waals surface area contributed by atoms with E-state index in [0.29, 0.717) is 0 Å². The van der Waals surface area contributed by atoms with Crippen LogP contribution in [0.2, 0.25) is 0 Å². The van der Waals surface area contributed by atoms with Crippen molar-refractivity contribution in [2.75, 3.05) is 5.32 Å². The number of anilines is 1. The molecule has 0 fully saturated rings. The van der Waals surface area contributed by atoms with Gasteiger partial charge < -0.3 is 14.6 Å². The number of aryl methyl sites for hydroxylation is 2. The number of rotatable bonds is 4. The first-order valence-electron chi connectivity index (χ1n) is 6.76. The maximum atomic E-state index is 5.86. The van der Waals surface area contributed by atoms with Gasteiger partial charge in [-0.2, -0.15) is 0 Å². The number of ether oxygens (including phenoxy) is 1. The fourth-order valence-electron chi connectivity index (χ4n) is 2.20. The molecule has 0 aliphatic carbocycles. The monoisotopic (exact) mass is 283 g/mol. The highest BCUT2D eigenvalue weighted by Gasteiger charge is 2.11. The molecule has 1 unspecified atom stereocenters. The lowest BCUT2D eigenvalue weighted by molar-refractivity contribution is 0.247. The van der Waals surface area contributed by atoms with Crippen molar-refractivity contribution in [3.05, 3.63) is 42.6 Å². The SMILES string of the molecule is Cc1ncccc1OC(C)Nc1ncnc2c1ccn2C. The maximum absolute atomic E-state index is 5.86. The first-order valence-corrected chi connectivity index (χ1v) is 6.76. The molecule has 1 N–H and O–H groups in total. The first-order chi connectivity index (χ1) is 10.1. The summed E-state index contributed by atoms with van der Waals surface area (Å²) in [5.74, 6) is 1.52. The van der Waals surface area contributed by atoms with Gasteiger partial charge in [0.2, 0.25) is 0 Å². The number of nitrogens with zero attached hydrogens (tertiary/aromatic N) is 4. The number of aromatic nitrogens is 4. The summed E-state index contributed by atoms with van der Waals surface area (Å²) in [5.41, 5.74) is 1.75. The van der Waals surface area contributed by atoms with E-state index in [1.165, 1.54) is 0 Å². The molecular formula is C15H17N5O. The third kappa shape index (κ3) is 2.65. The molecule has 6 nitrogen and oxygen atoms in total. The Balaban J connectivity index is 1.80. The van der Waals surface area contributed by atoms with Crippen LogP contribution in [-0.4, -0.2) is 25.7 Å². The van der Waals surface area contributed by atoms with Gasteiger partial charge in [0, 0.05) is 19.4 Å². The van der Waals surface area contributed by atoms with E-state index in [9.17, 15) is 0 Å². The van der Waals surface area contributed by atoms with Gasteiger partial charge in [0.15, 0.2) is 6.23 Å². The van der Waals surface area contributed by atoms with Gasteiger partial charge in [-0.15, -0.1) is 0 Å². The molecular weight excluding hydrogens is 266 g/mol. The molecule has 6 heteroatoms. The van der Waals surface area contributed by atoms with Gasteiger partial charge in [0.1, 0.15) is 23.5 Å². The van der Waals surface area contributed by atoms with E-state index in [1.807, 2.05) is 49.9 Å². The Morgan fingerprint density at radius 3 is 2.90 bits per heavy atom. The van der Waals surface area contributed by atoms with Crippen LogP contribution < -0.4 is 10.1 Å². The third-order valence-corrected chi connectivity index (χ3v) is 3.26. The Morgan fingerprint density at radius 1 is 1.24 bits per heavy atom. The van der Waals surface area contributed by atoms with E-state index < -0.39 is 0 Å². The highest BCUT2D eigenvalue weighted by molar-refractivity contribution is 5.87. The van der Waals surface area contributed by atoms with Crippen LogP contribution in [-0.2, 0) is 7.05 Å². The summed E-state index contributed by atoms with van der Waals surface area (Å²) in [6, 6.07) is 5.74. The standard InChI is InChI=1S/C15H17N5O/c1-10-13(5-4-7-16-10)21-11(2)19-14-12-6-8-20(3)15(12)18-9-17-14/h4-9,11H,1-3H3,(H,17,18,19). The van der Waals surface area contributed by atoms with E-state index in [4.69, 9.17) is 4.74 Å². The second-order valence-electron chi connectivity index (χ2n) is 4.88. The fraction of sp³-hybridized carbons (Fsp3) is 0.267. The van der Waals surface area contributed by atoms with Crippen LogP contribution in [0, 0.1) is 6.92 Å². The lowest BCUT2D eigenvalue weighted by Crippen LogP contribution is -2.23. The number of nitrogens with one attached hydrogen (secondary N) is 1. The fourth-order valence-corrected chi connectivity index (χ4v) is 2.20. The predicted molar refractivity (Wildman–Crippen MR) is 81.2 cm³/mol. The zero-order valence-corrected chi connectivity index (χ0v) is 12.2. The average molecular weight is 283 g/mol. The Labute approximate surface area is 122 Å². The van der Waals surface area contributed by atoms with Crippen molar-refractivity contribution in [1.82, 2.24) is 19.5 Å². The zero-order valence-electron chi connectivity index (χ0n) is 12.2. The van der Waals surface area contributed by atoms with Crippen molar-refractivity contribution in [3.63, 3.8) is 0 Å². The Hall–Kier alpha value is -2.63. The minimum Gasteiger partial charge on any atom is -0.469 e. The Bertz CT molecular complexity index is 768. The molecule has 3 aromatic heterocycles. The molecule has 3 aromatic rings. The molecule has 0 aromatic carbocycles. The number of pyridine rings is 1. The zero-order chi connectivity index (χ0) is 14.8. The van der Waals surface area contributed by atoms with Crippen LogP contribution in [0.25, 0.3) is 11.0 Å². The topological polar surface area (TPSA) is 64.9 Å². The molecule has 108 valence electrons. The van der Waals surface area contributed by atoms with E-state index in [1.54, 1.807) is 12.5 Å². The second kappa shape index (κ2) is 5.40. The minimum absolute atomic E-state index is 0.230. The second-order valence-corrected chi connectivity index (χ2v) is 4.88. The van der Waals surface area contributed by atoms with Crippen LogP contribution in [0.5, 0.6) is 5.75 Å². The van der Waals surface area contributed by atoms with Crippen molar-refractivity contribution in [1.29, 1.82) is 0 Å². The highest BCUT2D eigenvalue weighted by atomic mass is 16.5. The first kappa shape index (κ1) is 13.4. The molecule has 0 bridgehead atoms. The van der Waals surface area contributed by atoms with Crippen LogP contribution in [0.4, 0.5) is 5.82 Å². The van der Waals surface area contributed by atoms with Crippen molar-refractivity contribution in [3.8, 4) is 5.75 Å². The van der Waals surface area contributed by atoms with Gasteiger partial charge in [0.25, 0.3) is 0 Å². The minimum atomic E-state index is -0.230. The molecule has 0 spiro atoms. The smallest absolute Gasteiger partial charge is 0.168 e. The van der Waals surface area contributed by atoms with Gasteiger partial charge in [-0.05, 0) is 32.0 Å². The van der Waals surface area contributed by atoms with E-state index in [-0.39, 0.29) is 6.23 Å². The van der Waals surface area contributed by atoms with Crippen LogP contribution >= 0.6 is 0 Å². The summed E-state index contributed by atoms with van der Waals surface area (Å²) in [6.07, 6.45) is 5.03. The van der Waals surface area contributed by atoms with Gasteiger partial charge in [-0.1, -0.05) is 0 Å². The summed E-state index contributed by atoms with van der Waals surface area (Å²) >= 11 is 0. The molecule has 0 saturated heterocycles. The molecule has 0 aliphatic heterocycles. The van der Waals surface area contributed by atoms with E-state index in [0.717, 1.165) is 28.3 Å². The number of hydrogen-bond acceptors (Lipinski definition) is 5. The molecule has 3 heterocycles. The lowest BCUT2D eigenvalue weighted by Gasteiger charge is -2.18.